The SMILES string of the molecule is O=C1c2ccccc2C(=O)N1C1CCN(c2cnc(-c3ccc(C(F)(F)F)cn3)c(C3=CCNC=C3Cl)n2)CC1. The number of aromatic nitrogens is 3. The molecule has 5 heterocycles. The highest BCUT2D eigenvalue weighted by Gasteiger charge is 2.41. The summed E-state index contributed by atoms with van der Waals surface area (Å²) < 4.78 is 39.3. The standard InChI is InChI=1S/C28H22ClF3N6O2/c29-21-14-33-10-7-20(21)24-25(22-6-5-16(13-34-22)28(30,31)32)35-15-23(36-24)37-11-8-17(9-12-37)38-26(39)18-3-1-2-4-19(18)27(38)40/h1-7,13-15,17,33H,8-12H2. The number of nitrogens with one attached hydrogen (secondary N) is 1. The summed E-state index contributed by atoms with van der Waals surface area (Å²) >= 11 is 6.47. The van der Waals surface area contributed by atoms with Crippen LogP contribution in [0.15, 0.2) is 66.1 Å². The summed E-state index contributed by atoms with van der Waals surface area (Å²) in [6, 6.07) is 8.82. The van der Waals surface area contributed by atoms with Gasteiger partial charge in [0.05, 0.1) is 33.6 Å². The minimum absolute atomic E-state index is 0.232. The number of halogens is 4. The van der Waals surface area contributed by atoms with E-state index in [1.165, 1.54) is 11.0 Å². The Morgan fingerprint density at radius 3 is 2.23 bits per heavy atom. The second kappa shape index (κ2) is 10.1. The van der Waals surface area contributed by atoms with Crippen molar-refractivity contribution >= 4 is 34.8 Å². The van der Waals surface area contributed by atoms with E-state index in [0.29, 0.717) is 71.4 Å². The van der Waals surface area contributed by atoms with E-state index >= 15 is 0 Å². The highest BCUT2D eigenvalue weighted by atomic mass is 35.5. The molecule has 12 heteroatoms. The highest BCUT2D eigenvalue weighted by Crippen LogP contribution is 2.36. The molecular weight excluding hydrogens is 545 g/mol. The minimum atomic E-state index is -4.51. The number of nitrogens with zero attached hydrogens (tertiary/aromatic N) is 5. The van der Waals surface area contributed by atoms with Gasteiger partial charge in [-0.25, -0.2) is 9.97 Å². The smallest absolute Gasteiger partial charge is 0.386 e. The Morgan fingerprint density at radius 1 is 0.925 bits per heavy atom. The molecule has 6 rings (SSSR count). The molecule has 1 N–H and O–H groups in total. The van der Waals surface area contributed by atoms with E-state index in [0.717, 1.165) is 12.3 Å². The maximum Gasteiger partial charge on any atom is 0.417 e. The maximum absolute atomic E-state index is 13.1. The number of hydrogen-bond acceptors (Lipinski definition) is 7. The fourth-order valence-corrected chi connectivity index (χ4v) is 5.44. The molecule has 0 aliphatic carbocycles. The predicted molar refractivity (Wildman–Crippen MR) is 142 cm³/mol. The van der Waals surface area contributed by atoms with E-state index in [-0.39, 0.29) is 23.6 Å². The number of piperidine rings is 1. The summed E-state index contributed by atoms with van der Waals surface area (Å²) in [5.74, 6) is 0.0120. The molecule has 0 bridgehead atoms. The van der Waals surface area contributed by atoms with Crippen LogP contribution >= 0.6 is 11.6 Å². The molecule has 0 radical (unpaired) electrons. The lowest BCUT2D eigenvalue weighted by Gasteiger charge is -2.36. The average Bonchev–Trinajstić information content (AvgIpc) is 3.22. The number of fused-ring (bicyclic) bond motifs is 1. The fourth-order valence-electron chi connectivity index (χ4n) is 5.20. The van der Waals surface area contributed by atoms with Crippen molar-refractivity contribution in [1.29, 1.82) is 0 Å². The lowest BCUT2D eigenvalue weighted by Crippen LogP contribution is -2.47. The number of pyridine rings is 1. The van der Waals surface area contributed by atoms with Crippen molar-refractivity contribution in [3.63, 3.8) is 0 Å². The van der Waals surface area contributed by atoms with Gasteiger partial charge < -0.3 is 10.2 Å². The van der Waals surface area contributed by atoms with Gasteiger partial charge in [0.1, 0.15) is 17.2 Å². The Morgan fingerprint density at radius 2 is 1.62 bits per heavy atom. The third kappa shape index (κ3) is 4.60. The zero-order valence-electron chi connectivity index (χ0n) is 21.0. The average molecular weight is 567 g/mol. The van der Waals surface area contributed by atoms with Crippen LogP contribution in [0.25, 0.3) is 17.0 Å². The van der Waals surface area contributed by atoms with Gasteiger partial charge in [-0.05, 0) is 37.1 Å². The first-order chi connectivity index (χ1) is 19.2. The number of dihydropyridines is 1. The van der Waals surface area contributed by atoms with Gasteiger partial charge >= 0.3 is 6.18 Å². The van der Waals surface area contributed by atoms with Gasteiger partial charge in [0.2, 0.25) is 0 Å². The van der Waals surface area contributed by atoms with Gasteiger partial charge in [-0.2, -0.15) is 13.2 Å². The Labute approximate surface area is 232 Å². The topological polar surface area (TPSA) is 91.3 Å². The molecule has 204 valence electrons. The molecule has 0 spiro atoms. The first-order valence-corrected chi connectivity index (χ1v) is 13.0. The minimum Gasteiger partial charge on any atom is -0.386 e. The third-order valence-electron chi connectivity index (χ3n) is 7.24. The number of rotatable bonds is 4. The first kappa shape index (κ1) is 26.0. The molecule has 3 aromatic rings. The van der Waals surface area contributed by atoms with Gasteiger partial charge in [-0.3, -0.25) is 19.5 Å². The van der Waals surface area contributed by atoms with E-state index in [4.69, 9.17) is 16.6 Å². The number of alkyl halides is 3. The largest absolute Gasteiger partial charge is 0.417 e. The Bertz CT molecular complexity index is 1530. The van der Waals surface area contributed by atoms with E-state index in [2.05, 4.69) is 15.3 Å². The predicted octanol–water partition coefficient (Wildman–Crippen LogP) is 4.89. The first-order valence-electron chi connectivity index (χ1n) is 12.6. The quantitative estimate of drug-likeness (QED) is 0.450. The van der Waals surface area contributed by atoms with Crippen molar-refractivity contribution in [2.45, 2.75) is 25.1 Å². The summed E-state index contributed by atoms with van der Waals surface area (Å²) in [7, 11) is 0. The van der Waals surface area contributed by atoms with Crippen LogP contribution in [-0.2, 0) is 6.18 Å². The molecule has 2 aromatic heterocycles. The number of anilines is 1. The molecule has 3 aliphatic rings. The lowest BCUT2D eigenvalue weighted by atomic mass is 10.0. The Hall–Kier alpha value is -4.25. The normalized spacial score (nSPS) is 17.9. The van der Waals surface area contributed by atoms with Gasteiger partial charge in [-0.15, -0.1) is 0 Å². The summed E-state index contributed by atoms with van der Waals surface area (Å²) in [5.41, 5.74) is 1.52. The molecular formula is C28H22ClF3N6O2. The molecule has 1 saturated heterocycles. The number of imide groups is 1. The van der Waals surface area contributed by atoms with Crippen LogP contribution < -0.4 is 10.2 Å². The van der Waals surface area contributed by atoms with E-state index in [1.807, 2.05) is 11.0 Å². The van der Waals surface area contributed by atoms with E-state index in [1.54, 1.807) is 36.7 Å². The van der Waals surface area contributed by atoms with E-state index < -0.39 is 11.7 Å². The highest BCUT2D eigenvalue weighted by molar-refractivity contribution is 6.37. The van der Waals surface area contributed by atoms with Gasteiger partial charge in [0, 0.05) is 43.6 Å². The van der Waals surface area contributed by atoms with Crippen LogP contribution in [0.5, 0.6) is 0 Å². The Kier molecular flexibility index (Phi) is 6.53. The number of hydrogen-bond donors (Lipinski definition) is 1. The summed E-state index contributed by atoms with van der Waals surface area (Å²) in [6.07, 6.45) is 2.39. The lowest BCUT2D eigenvalue weighted by molar-refractivity contribution is -0.137. The van der Waals surface area contributed by atoms with Gasteiger partial charge in [0.25, 0.3) is 11.8 Å². The number of allylic oxidation sites excluding steroid dienone is 2. The van der Waals surface area contributed by atoms with Crippen LogP contribution in [0.4, 0.5) is 19.0 Å². The molecule has 1 fully saturated rings. The number of carbonyl (C=O) groups is 2. The van der Waals surface area contributed by atoms with Gasteiger partial charge in [0.15, 0.2) is 0 Å². The van der Waals surface area contributed by atoms with Crippen molar-refractivity contribution in [3.05, 3.63) is 88.5 Å². The van der Waals surface area contributed by atoms with Crippen molar-refractivity contribution in [2.24, 2.45) is 0 Å². The summed E-state index contributed by atoms with van der Waals surface area (Å²) in [6.45, 7) is 1.53. The molecule has 40 heavy (non-hydrogen) atoms. The molecule has 0 unspecified atom stereocenters. The molecule has 3 aliphatic heterocycles. The molecule has 8 nitrogen and oxygen atoms in total. The van der Waals surface area contributed by atoms with E-state index in [9.17, 15) is 22.8 Å². The number of benzene rings is 1. The molecule has 1 aromatic carbocycles. The van der Waals surface area contributed by atoms with Gasteiger partial charge in [-0.1, -0.05) is 29.8 Å². The second-order valence-corrected chi connectivity index (χ2v) is 10.0. The van der Waals surface area contributed by atoms with Crippen LogP contribution in [0.3, 0.4) is 0 Å². The zero-order chi connectivity index (χ0) is 28.0. The fraction of sp³-hybridized carbons (Fsp3) is 0.250. The van der Waals surface area contributed by atoms with Crippen LogP contribution in [0.1, 0.15) is 44.8 Å². The van der Waals surface area contributed by atoms with Crippen LogP contribution in [0.2, 0.25) is 0 Å². The zero-order valence-corrected chi connectivity index (χ0v) is 21.7. The van der Waals surface area contributed by atoms with Crippen molar-refractivity contribution in [1.82, 2.24) is 25.2 Å². The second-order valence-electron chi connectivity index (χ2n) is 9.62. The van der Waals surface area contributed by atoms with Crippen LogP contribution in [-0.4, -0.2) is 57.3 Å². The Balaban J connectivity index is 1.27. The third-order valence-corrected chi connectivity index (χ3v) is 7.55. The number of amides is 2. The monoisotopic (exact) mass is 566 g/mol. The molecule has 0 atom stereocenters. The summed E-state index contributed by atoms with van der Waals surface area (Å²) in [4.78, 5) is 42.6. The number of carbonyl (C=O) groups excluding carboxylic acids is 2. The van der Waals surface area contributed by atoms with Crippen molar-refractivity contribution in [3.8, 4) is 11.4 Å². The maximum atomic E-state index is 13.1. The molecule has 0 saturated carbocycles. The molecule has 2 amide bonds. The van der Waals surface area contributed by atoms with Crippen molar-refractivity contribution < 1.29 is 22.8 Å². The summed E-state index contributed by atoms with van der Waals surface area (Å²) in [5, 5.41) is 3.40. The van der Waals surface area contributed by atoms with Crippen molar-refractivity contribution in [2.75, 3.05) is 24.5 Å². The van der Waals surface area contributed by atoms with Crippen LogP contribution in [0, 0.1) is 0 Å².